The monoisotopic (exact) mass is 840 g/mol. The second-order valence-corrected chi connectivity index (χ2v) is 25.5. The maximum absolute atomic E-state index is 2.98. The molecule has 54 heavy (non-hydrogen) atoms. The van der Waals surface area contributed by atoms with E-state index in [9.17, 15) is 0 Å². The molecule has 0 N–H and O–H groups in total. The molecule has 0 radical (unpaired) electrons. The summed E-state index contributed by atoms with van der Waals surface area (Å²) in [4.78, 5) is 0. The molecule has 4 aromatic carbocycles. The van der Waals surface area contributed by atoms with Crippen LogP contribution in [0, 0.1) is 13.8 Å². The van der Waals surface area contributed by atoms with Gasteiger partial charge in [0.15, 0.2) is 0 Å². The summed E-state index contributed by atoms with van der Waals surface area (Å²) >= 11 is 0. The molecule has 0 aliphatic rings. The second kappa shape index (κ2) is 17.3. The van der Waals surface area contributed by atoms with E-state index in [1.54, 1.807) is 0 Å². The van der Waals surface area contributed by atoms with Crippen LogP contribution in [0.2, 0.25) is 0 Å². The van der Waals surface area contributed by atoms with Crippen molar-refractivity contribution in [3.63, 3.8) is 0 Å². The van der Waals surface area contributed by atoms with Crippen molar-refractivity contribution >= 4 is 28.8 Å². The summed E-state index contributed by atoms with van der Waals surface area (Å²) in [7, 11) is -2.98. The molecule has 0 atom stereocenters. The fourth-order valence-electron chi connectivity index (χ4n) is 7.30. The number of hydrogen-bond acceptors (Lipinski definition) is 0. The standard InChI is InChI=1S/C49H71Si.3ClH.Ti/c1-32-21-33(2)43(22-32)50(40-26-34(44(3,4)5)23-35(27-40)45(6,7)8,41-28-36(46(9,10)11)24-37(29-41)47(12,13)14)42-30-38(48(15,16)17)25-39(31-42)49(18,19)20;;;;/h21-31H,1-20H3;3*1H;/q-1;;;;+4/p-3. The van der Waals surface area contributed by atoms with Gasteiger partial charge in [0, 0.05) is 0 Å². The zero-order valence-corrected chi connectivity index (χ0v) is 42.3. The minimum atomic E-state index is -2.98. The first kappa shape index (κ1) is 52.8. The number of benzene rings is 3. The summed E-state index contributed by atoms with van der Waals surface area (Å²) in [6, 6.07) is 28.3. The molecule has 4 aromatic rings. The minimum absolute atomic E-state index is 0. The Morgan fingerprint density at radius 2 is 0.556 bits per heavy atom. The summed E-state index contributed by atoms with van der Waals surface area (Å²) in [5.41, 5.74) is 11.3. The van der Waals surface area contributed by atoms with E-state index in [0.29, 0.717) is 0 Å². The van der Waals surface area contributed by atoms with Crippen LogP contribution >= 0.6 is 0 Å². The van der Waals surface area contributed by atoms with Gasteiger partial charge in [-0.05, 0) is 65.9 Å². The third-order valence-corrected chi connectivity index (χ3v) is 15.8. The molecule has 0 saturated carbocycles. The molecular weight excluding hydrogens is 771 g/mol. The number of aryl methyl sites for hydroxylation is 2. The van der Waals surface area contributed by atoms with Gasteiger partial charge in [-0.25, -0.2) is 11.6 Å². The Balaban J connectivity index is 0.00000702. The molecule has 0 aliphatic carbocycles. The topological polar surface area (TPSA) is 0 Å². The van der Waals surface area contributed by atoms with Crippen molar-refractivity contribution in [3.05, 3.63) is 111 Å². The van der Waals surface area contributed by atoms with Gasteiger partial charge in [-0.3, -0.25) is 0 Å². The molecule has 0 bridgehead atoms. The van der Waals surface area contributed by atoms with E-state index in [0.717, 1.165) is 0 Å². The van der Waals surface area contributed by atoms with Crippen molar-refractivity contribution in [1.82, 2.24) is 0 Å². The number of hydrogen-bond donors (Lipinski definition) is 0. The molecule has 0 nitrogen and oxygen atoms in total. The van der Waals surface area contributed by atoms with Crippen molar-refractivity contribution in [2.75, 3.05) is 0 Å². The van der Waals surface area contributed by atoms with E-state index in [-0.39, 0.29) is 91.4 Å². The molecule has 0 fully saturated rings. The van der Waals surface area contributed by atoms with Crippen LogP contribution < -0.4 is 58.0 Å². The summed E-state index contributed by atoms with van der Waals surface area (Å²) in [5, 5.41) is 6.03. The normalized spacial score (nSPS) is 13.0. The van der Waals surface area contributed by atoms with Crippen LogP contribution in [-0.4, -0.2) is 8.07 Å². The van der Waals surface area contributed by atoms with Crippen LogP contribution in [0.3, 0.4) is 0 Å². The predicted molar refractivity (Wildman–Crippen MR) is 227 cm³/mol. The van der Waals surface area contributed by atoms with E-state index in [4.69, 9.17) is 0 Å². The largest absolute Gasteiger partial charge is 4.00 e. The molecular formula is C49H71Cl3SiTi. The Bertz CT molecular complexity index is 1590. The van der Waals surface area contributed by atoms with Gasteiger partial charge in [0.05, 0.1) is 0 Å². The van der Waals surface area contributed by atoms with Crippen LogP contribution in [0.1, 0.15) is 169 Å². The molecule has 0 aliphatic heterocycles. The van der Waals surface area contributed by atoms with Crippen LogP contribution in [0.5, 0.6) is 0 Å². The molecule has 0 spiro atoms. The van der Waals surface area contributed by atoms with E-state index in [2.05, 4.69) is 205 Å². The second-order valence-electron chi connectivity index (χ2n) is 21.8. The quantitative estimate of drug-likeness (QED) is 0.168. The molecule has 296 valence electrons. The minimum Gasteiger partial charge on any atom is -1.00 e. The molecule has 4 rings (SSSR count). The van der Waals surface area contributed by atoms with Gasteiger partial charge in [-0.1, -0.05) is 209 Å². The van der Waals surface area contributed by atoms with Crippen LogP contribution in [-0.2, 0) is 54.2 Å². The maximum atomic E-state index is 2.63. The molecule has 0 aromatic heterocycles. The Morgan fingerprint density at radius 1 is 0.352 bits per heavy atom. The maximum Gasteiger partial charge on any atom is 4.00 e. The van der Waals surface area contributed by atoms with Crippen LogP contribution in [0.25, 0.3) is 0 Å². The van der Waals surface area contributed by atoms with E-state index < -0.39 is 8.07 Å². The van der Waals surface area contributed by atoms with Gasteiger partial charge in [0.25, 0.3) is 0 Å². The van der Waals surface area contributed by atoms with E-state index in [1.165, 1.54) is 65.3 Å². The molecule has 0 amide bonds. The third-order valence-electron chi connectivity index (χ3n) is 10.9. The number of rotatable bonds is 4. The first-order valence-electron chi connectivity index (χ1n) is 19.1. The van der Waals surface area contributed by atoms with Gasteiger partial charge in [0.1, 0.15) is 8.07 Å². The van der Waals surface area contributed by atoms with Gasteiger partial charge >= 0.3 is 21.7 Å². The molecule has 0 unspecified atom stereocenters. The average Bonchev–Trinajstić information content (AvgIpc) is 3.27. The van der Waals surface area contributed by atoms with Gasteiger partial charge < -0.3 is 37.2 Å². The zero-order chi connectivity index (χ0) is 38.2. The Hall–Kier alpha value is -1.19. The van der Waals surface area contributed by atoms with Crippen LogP contribution in [0.15, 0.2) is 66.7 Å². The first-order valence-corrected chi connectivity index (χ1v) is 21.1. The van der Waals surface area contributed by atoms with Crippen molar-refractivity contribution < 1.29 is 58.9 Å². The molecule has 0 saturated heterocycles. The summed E-state index contributed by atoms with van der Waals surface area (Å²) in [6.45, 7) is 47.6. The Kier molecular flexibility index (Phi) is 17.0. The van der Waals surface area contributed by atoms with Gasteiger partial charge in [-0.15, -0.1) is 5.19 Å². The van der Waals surface area contributed by atoms with Crippen molar-refractivity contribution in [2.45, 2.75) is 171 Å². The van der Waals surface area contributed by atoms with Crippen molar-refractivity contribution in [3.8, 4) is 0 Å². The molecule has 5 heteroatoms. The first-order chi connectivity index (χ1) is 22.4. The SMILES string of the molecule is Cc1cc(C)[c-]([Si](c2cc(C(C)(C)C)cc(C(C)(C)C)c2)(c2cc(C(C)(C)C)cc(C(C)(C)C)c2)c2cc(C(C)(C)C)cc(C(C)(C)C)c2)c1.[Cl-].[Cl-].[Cl-].[Ti+4]. The summed E-state index contributed by atoms with van der Waals surface area (Å²) in [6.07, 6.45) is 0. The zero-order valence-electron chi connectivity index (χ0n) is 37.5. The molecule has 0 heterocycles. The van der Waals surface area contributed by atoms with Crippen molar-refractivity contribution in [2.24, 2.45) is 0 Å². The fourth-order valence-corrected chi connectivity index (χ4v) is 12.6. The number of halogens is 3. The van der Waals surface area contributed by atoms with Gasteiger partial charge in [0.2, 0.25) is 0 Å². The average molecular weight is 842 g/mol. The summed E-state index contributed by atoms with van der Waals surface area (Å²) < 4.78 is 0. The third kappa shape index (κ3) is 11.1. The van der Waals surface area contributed by atoms with E-state index in [1.807, 2.05) is 0 Å². The van der Waals surface area contributed by atoms with Gasteiger partial charge in [-0.2, -0.15) is 11.6 Å². The Morgan fingerprint density at radius 3 is 0.704 bits per heavy atom. The van der Waals surface area contributed by atoms with E-state index >= 15 is 0 Å². The summed E-state index contributed by atoms with van der Waals surface area (Å²) in [5.74, 6) is 0. The predicted octanol–water partition coefficient (Wildman–Crippen LogP) is 2.19. The van der Waals surface area contributed by atoms with Crippen LogP contribution in [0.4, 0.5) is 0 Å². The smallest absolute Gasteiger partial charge is 1.00 e. The Labute approximate surface area is 367 Å². The van der Waals surface area contributed by atoms with Crippen molar-refractivity contribution in [1.29, 1.82) is 0 Å². The fraction of sp³-hybridized carbons (Fsp3) is 0.531.